The third-order valence-corrected chi connectivity index (χ3v) is 3.87. The molecule has 108 valence electrons. The number of benzene rings is 2. The van der Waals surface area contributed by atoms with Crippen molar-refractivity contribution in [3.05, 3.63) is 58.4 Å². The van der Waals surface area contributed by atoms with E-state index in [-0.39, 0.29) is 16.5 Å². The second-order valence-electron chi connectivity index (χ2n) is 5.07. The lowest BCUT2D eigenvalue weighted by Crippen LogP contribution is -2.36. The minimum Gasteiger partial charge on any atom is -0.399 e. The largest absolute Gasteiger partial charge is 0.399 e. The number of nitrogens with zero attached hydrogens (tertiary/aromatic N) is 1. The average molecular weight is 305 g/mol. The van der Waals surface area contributed by atoms with E-state index in [1.165, 1.54) is 12.1 Å². The summed E-state index contributed by atoms with van der Waals surface area (Å²) in [6.45, 7) is 0.553. The van der Waals surface area contributed by atoms with Crippen LogP contribution >= 0.6 is 11.6 Å². The number of carbonyl (C=O) groups is 1. The van der Waals surface area contributed by atoms with Gasteiger partial charge < -0.3 is 10.6 Å². The van der Waals surface area contributed by atoms with Gasteiger partial charge in [-0.05, 0) is 48.7 Å². The van der Waals surface area contributed by atoms with Gasteiger partial charge in [0.15, 0.2) is 0 Å². The van der Waals surface area contributed by atoms with Crippen molar-refractivity contribution in [3.8, 4) is 0 Å². The van der Waals surface area contributed by atoms with Crippen molar-refractivity contribution in [2.24, 2.45) is 0 Å². The molecule has 0 saturated carbocycles. The van der Waals surface area contributed by atoms with Gasteiger partial charge in [0.25, 0.3) is 5.91 Å². The number of halogens is 2. The molecular formula is C16H14ClFN2O. The van der Waals surface area contributed by atoms with Crippen molar-refractivity contribution in [1.82, 2.24) is 0 Å². The molecule has 0 radical (unpaired) electrons. The molecule has 0 bridgehead atoms. The Hall–Kier alpha value is -2.07. The Morgan fingerprint density at radius 2 is 2.05 bits per heavy atom. The summed E-state index contributed by atoms with van der Waals surface area (Å²) in [5.41, 5.74) is 8.23. The van der Waals surface area contributed by atoms with Crippen LogP contribution in [-0.4, -0.2) is 12.5 Å². The Bertz CT molecular complexity index is 717. The normalized spacial score (nSPS) is 13.9. The van der Waals surface area contributed by atoms with Crippen LogP contribution in [0.15, 0.2) is 36.4 Å². The molecule has 1 heterocycles. The first-order chi connectivity index (χ1) is 10.1. The predicted octanol–water partition coefficient (Wildman–Crippen LogP) is 3.65. The van der Waals surface area contributed by atoms with E-state index in [4.69, 9.17) is 17.3 Å². The lowest BCUT2D eigenvalue weighted by molar-refractivity contribution is 0.0981. The molecule has 0 unspecified atom stereocenters. The number of nitrogen functional groups attached to an aromatic ring is 1. The van der Waals surface area contributed by atoms with E-state index in [1.54, 1.807) is 11.0 Å². The van der Waals surface area contributed by atoms with Gasteiger partial charge in [0.05, 0.1) is 5.56 Å². The minimum absolute atomic E-state index is 0.0228. The zero-order valence-electron chi connectivity index (χ0n) is 11.3. The number of aryl methyl sites for hydroxylation is 1. The van der Waals surface area contributed by atoms with Gasteiger partial charge in [0.1, 0.15) is 5.82 Å². The first kappa shape index (κ1) is 13.9. The molecule has 3 rings (SSSR count). The maximum atomic E-state index is 14.0. The van der Waals surface area contributed by atoms with Crippen molar-refractivity contribution in [1.29, 1.82) is 0 Å². The van der Waals surface area contributed by atoms with Crippen LogP contribution in [0.3, 0.4) is 0 Å². The quantitative estimate of drug-likeness (QED) is 0.817. The van der Waals surface area contributed by atoms with E-state index in [0.29, 0.717) is 12.2 Å². The fraction of sp³-hybridized carbons (Fsp3) is 0.188. The lowest BCUT2D eigenvalue weighted by Gasteiger charge is -2.30. The predicted molar refractivity (Wildman–Crippen MR) is 82.3 cm³/mol. The Labute approximate surface area is 127 Å². The van der Waals surface area contributed by atoms with Crippen LogP contribution in [0.25, 0.3) is 0 Å². The molecule has 5 heteroatoms. The Kier molecular flexibility index (Phi) is 3.55. The summed E-state index contributed by atoms with van der Waals surface area (Å²) >= 11 is 5.73. The molecule has 0 fully saturated rings. The number of anilines is 2. The fourth-order valence-electron chi connectivity index (χ4n) is 2.61. The maximum Gasteiger partial charge on any atom is 0.261 e. The van der Waals surface area contributed by atoms with Crippen molar-refractivity contribution in [2.75, 3.05) is 17.2 Å². The second kappa shape index (κ2) is 5.37. The van der Waals surface area contributed by atoms with E-state index in [9.17, 15) is 9.18 Å². The van der Waals surface area contributed by atoms with Crippen molar-refractivity contribution < 1.29 is 9.18 Å². The second-order valence-corrected chi connectivity index (χ2v) is 5.51. The summed E-state index contributed by atoms with van der Waals surface area (Å²) in [5.74, 6) is -0.973. The lowest BCUT2D eigenvalue weighted by atomic mass is 10.00. The molecule has 1 amide bonds. The van der Waals surface area contributed by atoms with E-state index in [1.807, 2.05) is 12.1 Å². The summed E-state index contributed by atoms with van der Waals surface area (Å²) in [7, 11) is 0. The third-order valence-electron chi connectivity index (χ3n) is 3.63. The van der Waals surface area contributed by atoms with Crippen LogP contribution in [0.5, 0.6) is 0 Å². The van der Waals surface area contributed by atoms with Crippen molar-refractivity contribution >= 4 is 28.9 Å². The molecular weight excluding hydrogens is 291 g/mol. The van der Waals surface area contributed by atoms with Crippen LogP contribution in [0, 0.1) is 5.82 Å². The van der Waals surface area contributed by atoms with Crippen LogP contribution in [-0.2, 0) is 6.42 Å². The molecule has 0 saturated heterocycles. The highest BCUT2D eigenvalue weighted by Gasteiger charge is 2.25. The molecule has 1 aliphatic rings. The summed E-state index contributed by atoms with van der Waals surface area (Å²) in [5, 5.41) is 0.271. The van der Waals surface area contributed by atoms with Gasteiger partial charge in [-0.15, -0.1) is 0 Å². The zero-order chi connectivity index (χ0) is 15.0. The number of hydrogen-bond acceptors (Lipinski definition) is 2. The van der Waals surface area contributed by atoms with Crippen molar-refractivity contribution in [2.45, 2.75) is 12.8 Å². The summed E-state index contributed by atoms with van der Waals surface area (Å²) in [6.07, 6.45) is 1.74. The minimum atomic E-state index is -0.608. The third kappa shape index (κ3) is 2.59. The number of nitrogens with two attached hydrogens (primary N) is 1. The standard InChI is InChI=1S/C16H14ClFN2O/c17-11-4-6-13(14(18)8-11)16(21)20-7-1-2-10-3-5-12(19)9-15(10)20/h3-6,8-9H,1-2,7,19H2. The molecule has 21 heavy (non-hydrogen) atoms. The number of carbonyl (C=O) groups excluding carboxylic acids is 1. The molecule has 0 aliphatic carbocycles. The molecule has 2 aromatic carbocycles. The highest BCUT2D eigenvalue weighted by atomic mass is 35.5. The van der Waals surface area contributed by atoms with Gasteiger partial charge in [-0.2, -0.15) is 0 Å². The van der Waals surface area contributed by atoms with Gasteiger partial charge in [0, 0.05) is 22.9 Å². The van der Waals surface area contributed by atoms with Gasteiger partial charge in [-0.25, -0.2) is 4.39 Å². The van der Waals surface area contributed by atoms with E-state index in [0.717, 1.165) is 30.2 Å². The highest BCUT2D eigenvalue weighted by molar-refractivity contribution is 6.30. The fourth-order valence-corrected chi connectivity index (χ4v) is 2.77. The van der Waals surface area contributed by atoms with Crippen molar-refractivity contribution in [3.63, 3.8) is 0 Å². The molecule has 3 nitrogen and oxygen atoms in total. The van der Waals surface area contributed by atoms with Gasteiger partial charge in [-0.1, -0.05) is 17.7 Å². The number of fused-ring (bicyclic) bond motifs is 1. The summed E-state index contributed by atoms with van der Waals surface area (Å²) in [4.78, 5) is 14.2. The number of hydrogen-bond donors (Lipinski definition) is 1. The van der Waals surface area contributed by atoms with Gasteiger partial charge in [0.2, 0.25) is 0 Å². The topological polar surface area (TPSA) is 46.3 Å². The summed E-state index contributed by atoms with van der Waals surface area (Å²) < 4.78 is 14.0. The molecule has 0 aromatic heterocycles. The molecule has 2 N–H and O–H groups in total. The molecule has 0 atom stereocenters. The van der Waals surface area contributed by atoms with E-state index in [2.05, 4.69) is 0 Å². The molecule has 0 spiro atoms. The highest BCUT2D eigenvalue weighted by Crippen LogP contribution is 2.31. The Morgan fingerprint density at radius 3 is 2.81 bits per heavy atom. The van der Waals surface area contributed by atoms with E-state index >= 15 is 0 Å². The first-order valence-electron chi connectivity index (χ1n) is 6.71. The zero-order valence-corrected chi connectivity index (χ0v) is 12.0. The van der Waals surface area contributed by atoms with Gasteiger partial charge >= 0.3 is 0 Å². The average Bonchev–Trinajstić information content (AvgIpc) is 2.46. The Morgan fingerprint density at radius 1 is 1.24 bits per heavy atom. The van der Waals surface area contributed by atoms with Crippen LogP contribution in [0.2, 0.25) is 5.02 Å². The molecule has 1 aliphatic heterocycles. The SMILES string of the molecule is Nc1ccc2c(c1)N(C(=O)c1ccc(Cl)cc1F)CCC2. The maximum absolute atomic E-state index is 14.0. The monoisotopic (exact) mass is 304 g/mol. The number of rotatable bonds is 1. The van der Waals surface area contributed by atoms with Crippen LogP contribution in [0.4, 0.5) is 15.8 Å². The van der Waals surface area contributed by atoms with Crippen LogP contribution < -0.4 is 10.6 Å². The van der Waals surface area contributed by atoms with E-state index < -0.39 is 5.82 Å². The first-order valence-corrected chi connectivity index (χ1v) is 7.09. The molecule has 2 aromatic rings. The number of amides is 1. The van der Waals surface area contributed by atoms with Gasteiger partial charge in [-0.3, -0.25) is 4.79 Å². The summed E-state index contributed by atoms with van der Waals surface area (Å²) in [6, 6.07) is 9.58. The Balaban J connectivity index is 2.02. The van der Waals surface area contributed by atoms with Crippen LogP contribution in [0.1, 0.15) is 22.3 Å². The smallest absolute Gasteiger partial charge is 0.261 e.